The zero-order chi connectivity index (χ0) is 14.0. The molecule has 0 aromatic heterocycles. The largest absolute Gasteiger partial charge is 0.391 e. The second kappa shape index (κ2) is 5.69. The van der Waals surface area contributed by atoms with E-state index in [2.05, 4.69) is 12.2 Å². The first-order chi connectivity index (χ1) is 8.88. The number of alkyl halides is 3. The van der Waals surface area contributed by atoms with Crippen LogP contribution in [0.4, 0.5) is 13.2 Å². The Morgan fingerprint density at radius 2 is 1.84 bits per heavy atom. The van der Waals surface area contributed by atoms with Gasteiger partial charge in [0, 0.05) is 13.1 Å². The molecule has 2 heterocycles. The molecular weight excluding hydrogens is 257 g/mol. The maximum Gasteiger partial charge on any atom is 0.391 e. The Morgan fingerprint density at radius 1 is 1.21 bits per heavy atom. The van der Waals surface area contributed by atoms with Crippen molar-refractivity contribution in [3.8, 4) is 0 Å². The molecule has 2 fully saturated rings. The van der Waals surface area contributed by atoms with Crippen LogP contribution in [0.15, 0.2) is 0 Å². The Morgan fingerprint density at radius 3 is 2.37 bits per heavy atom. The number of piperidine rings is 2. The van der Waals surface area contributed by atoms with Gasteiger partial charge in [0.2, 0.25) is 5.91 Å². The summed E-state index contributed by atoms with van der Waals surface area (Å²) in [5.74, 6) is -0.759. The van der Waals surface area contributed by atoms with E-state index in [-0.39, 0.29) is 37.9 Å². The maximum absolute atomic E-state index is 12.6. The molecule has 2 atom stereocenters. The Balaban J connectivity index is 1.85. The molecule has 0 spiro atoms. The fraction of sp³-hybridized carbons (Fsp3) is 0.923. The molecule has 0 bridgehead atoms. The predicted molar refractivity (Wildman–Crippen MR) is 65.5 cm³/mol. The highest BCUT2D eigenvalue weighted by Gasteiger charge is 2.42. The van der Waals surface area contributed by atoms with Crippen molar-refractivity contribution < 1.29 is 18.0 Å². The van der Waals surface area contributed by atoms with Gasteiger partial charge < -0.3 is 10.2 Å². The van der Waals surface area contributed by atoms with Gasteiger partial charge in [0.25, 0.3) is 0 Å². The van der Waals surface area contributed by atoms with Gasteiger partial charge >= 0.3 is 6.18 Å². The van der Waals surface area contributed by atoms with E-state index in [0.717, 1.165) is 19.4 Å². The molecule has 1 N–H and O–H groups in total. The Hall–Kier alpha value is -0.780. The van der Waals surface area contributed by atoms with Crippen LogP contribution in [-0.4, -0.2) is 42.7 Å². The monoisotopic (exact) mass is 278 g/mol. The summed E-state index contributed by atoms with van der Waals surface area (Å²) in [6.07, 6.45) is -2.19. The van der Waals surface area contributed by atoms with Crippen LogP contribution in [0, 0.1) is 11.8 Å². The van der Waals surface area contributed by atoms with Crippen molar-refractivity contribution >= 4 is 5.91 Å². The molecule has 2 aliphatic heterocycles. The van der Waals surface area contributed by atoms with Crippen LogP contribution in [0.1, 0.15) is 32.6 Å². The van der Waals surface area contributed by atoms with E-state index in [4.69, 9.17) is 0 Å². The number of likely N-dealkylation sites (tertiary alicyclic amines) is 1. The number of halogens is 3. The minimum Gasteiger partial charge on any atom is -0.341 e. The highest BCUT2D eigenvalue weighted by atomic mass is 19.4. The fourth-order valence-electron chi connectivity index (χ4n) is 2.94. The molecule has 0 aliphatic carbocycles. The van der Waals surface area contributed by atoms with Crippen LogP contribution in [-0.2, 0) is 4.79 Å². The van der Waals surface area contributed by atoms with Gasteiger partial charge in [0.15, 0.2) is 0 Å². The Kier molecular flexibility index (Phi) is 4.38. The van der Waals surface area contributed by atoms with E-state index in [1.54, 1.807) is 4.90 Å². The molecular formula is C13H21F3N2O. The van der Waals surface area contributed by atoms with Crippen molar-refractivity contribution in [1.29, 1.82) is 0 Å². The van der Waals surface area contributed by atoms with E-state index >= 15 is 0 Å². The van der Waals surface area contributed by atoms with Crippen molar-refractivity contribution in [2.24, 2.45) is 11.8 Å². The molecule has 2 unspecified atom stereocenters. The zero-order valence-corrected chi connectivity index (χ0v) is 11.2. The van der Waals surface area contributed by atoms with Crippen LogP contribution in [0.2, 0.25) is 0 Å². The van der Waals surface area contributed by atoms with Crippen molar-refractivity contribution in [3.63, 3.8) is 0 Å². The highest BCUT2D eigenvalue weighted by molar-refractivity contribution is 5.82. The highest BCUT2D eigenvalue weighted by Crippen LogP contribution is 2.34. The Labute approximate surface area is 111 Å². The lowest BCUT2D eigenvalue weighted by Gasteiger charge is -2.37. The summed E-state index contributed by atoms with van der Waals surface area (Å²) in [4.78, 5) is 13.8. The molecule has 1 amide bonds. The minimum atomic E-state index is -4.12. The number of rotatable bonds is 1. The lowest BCUT2D eigenvalue weighted by atomic mass is 9.92. The van der Waals surface area contributed by atoms with Gasteiger partial charge in [-0.1, -0.05) is 6.92 Å². The van der Waals surface area contributed by atoms with Gasteiger partial charge in [0.1, 0.15) is 0 Å². The first-order valence-corrected chi connectivity index (χ1v) is 6.97. The normalized spacial score (nSPS) is 30.4. The standard InChI is InChI=1S/C13H21F3N2O/c1-9-2-5-17-11(8-9)12(19)18-6-3-10(4-7-18)13(14,15)16/h9-11,17H,2-8H2,1H3. The third-order valence-electron chi connectivity index (χ3n) is 4.23. The average molecular weight is 278 g/mol. The number of hydrogen-bond acceptors (Lipinski definition) is 2. The molecule has 2 rings (SSSR count). The third kappa shape index (κ3) is 3.61. The molecule has 0 aromatic carbocycles. The van der Waals surface area contributed by atoms with Gasteiger partial charge in [-0.2, -0.15) is 13.2 Å². The van der Waals surface area contributed by atoms with E-state index < -0.39 is 12.1 Å². The fourth-order valence-corrected chi connectivity index (χ4v) is 2.94. The first kappa shape index (κ1) is 14.6. The summed E-state index contributed by atoms with van der Waals surface area (Å²) in [5.41, 5.74) is 0. The number of carbonyl (C=O) groups excluding carboxylic acids is 1. The number of nitrogens with one attached hydrogen (secondary N) is 1. The molecule has 0 radical (unpaired) electrons. The van der Waals surface area contributed by atoms with Gasteiger partial charge in [0.05, 0.1) is 12.0 Å². The smallest absolute Gasteiger partial charge is 0.341 e. The van der Waals surface area contributed by atoms with Crippen molar-refractivity contribution in [1.82, 2.24) is 10.2 Å². The van der Waals surface area contributed by atoms with Crippen LogP contribution in [0.5, 0.6) is 0 Å². The predicted octanol–water partition coefficient (Wildman–Crippen LogP) is 2.18. The number of carbonyl (C=O) groups is 1. The van der Waals surface area contributed by atoms with Gasteiger partial charge in [-0.3, -0.25) is 4.79 Å². The quantitative estimate of drug-likeness (QED) is 0.797. The van der Waals surface area contributed by atoms with Crippen LogP contribution >= 0.6 is 0 Å². The molecule has 2 aliphatic rings. The molecule has 2 saturated heterocycles. The lowest BCUT2D eigenvalue weighted by Crippen LogP contribution is -2.52. The summed E-state index contributed by atoms with van der Waals surface area (Å²) < 4.78 is 37.7. The number of hydrogen-bond donors (Lipinski definition) is 1. The summed E-state index contributed by atoms with van der Waals surface area (Å²) in [6, 6.07) is -0.203. The van der Waals surface area contributed by atoms with Crippen LogP contribution < -0.4 is 5.32 Å². The van der Waals surface area contributed by atoms with Crippen molar-refractivity contribution in [3.05, 3.63) is 0 Å². The summed E-state index contributed by atoms with van der Waals surface area (Å²) in [5, 5.41) is 3.17. The molecule has 0 aromatic rings. The second-order valence-corrected chi connectivity index (χ2v) is 5.78. The summed E-state index contributed by atoms with van der Waals surface area (Å²) >= 11 is 0. The first-order valence-electron chi connectivity index (χ1n) is 6.97. The van der Waals surface area contributed by atoms with Gasteiger partial charge in [-0.25, -0.2) is 0 Å². The maximum atomic E-state index is 12.6. The Bertz CT molecular complexity index is 324. The zero-order valence-electron chi connectivity index (χ0n) is 11.2. The minimum absolute atomic E-state index is 0.0211. The van der Waals surface area contributed by atoms with E-state index in [1.807, 2.05) is 0 Å². The summed E-state index contributed by atoms with van der Waals surface area (Å²) in [7, 11) is 0. The lowest BCUT2D eigenvalue weighted by molar-refractivity contribution is -0.186. The van der Waals surface area contributed by atoms with Gasteiger partial charge in [-0.15, -0.1) is 0 Å². The molecule has 6 heteroatoms. The average Bonchev–Trinajstić information content (AvgIpc) is 2.37. The van der Waals surface area contributed by atoms with E-state index in [9.17, 15) is 18.0 Å². The topological polar surface area (TPSA) is 32.3 Å². The number of amides is 1. The molecule has 110 valence electrons. The van der Waals surface area contributed by atoms with Gasteiger partial charge in [-0.05, 0) is 38.1 Å². The molecule has 19 heavy (non-hydrogen) atoms. The van der Waals surface area contributed by atoms with E-state index in [1.165, 1.54) is 0 Å². The van der Waals surface area contributed by atoms with Crippen molar-refractivity contribution in [2.75, 3.05) is 19.6 Å². The molecule has 0 saturated carbocycles. The van der Waals surface area contributed by atoms with E-state index in [0.29, 0.717) is 5.92 Å². The molecule has 3 nitrogen and oxygen atoms in total. The third-order valence-corrected chi connectivity index (χ3v) is 4.23. The van der Waals surface area contributed by atoms with Crippen LogP contribution in [0.25, 0.3) is 0 Å². The summed E-state index contributed by atoms with van der Waals surface area (Å²) in [6.45, 7) is 3.39. The number of nitrogens with zero attached hydrogens (tertiary/aromatic N) is 1. The SMILES string of the molecule is CC1CCNC(C(=O)N2CCC(C(F)(F)F)CC2)C1. The van der Waals surface area contributed by atoms with Crippen molar-refractivity contribution in [2.45, 2.75) is 44.8 Å². The second-order valence-electron chi connectivity index (χ2n) is 5.78. The van der Waals surface area contributed by atoms with Crippen LogP contribution in [0.3, 0.4) is 0 Å².